The van der Waals surface area contributed by atoms with Crippen LogP contribution in [0.1, 0.15) is 34.7 Å². The van der Waals surface area contributed by atoms with Crippen molar-refractivity contribution in [1.29, 1.82) is 0 Å². The zero-order valence-electron chi connectivity index (χ0n) is 12.7. The Bertz CT molecular complexity index is 679. The number of carboxylic acid groups (broad SMARTS) is 1. The van der Waals surface area contributed by atoms with Crippen LogP contribution in [0.3, 0.4) is 0 Å². The third-order valence-electron chi connectivity index (χ3n) is 3.75. The number of carboxylic acids is 1. The zero-order chi connectivity index (χ0) is 15.4. The van der Waals surface area contributed by atoms with Crippen LogP contribution in [0, 0.1) is 13.8 Å². The normalized spacial score (nSPS) is 11.5. The van der Waals surface area contributed by atoms with Crippen molar-refractivity contribution < 1.29 is 9.90 Å². The van der Waals surface area contributed by atoms with Crippen molar-refractivity contribution in [3.63, 3.8) is 0 Å². The molecule has 2 aromatic rings. The molecular formula is C19H20O2. The van der Waals surface area contributed by atoms with Crippen molar-refractivity contribution in [2.24, 2.45) is 0 Å². The van der Waals surface area contributed by atoms with Crippen molar-refractivity contribution in [3.05, 3.63) is 70.3 Å². The molecule has 2 aromatic carbocycles. The fraction of sp³-hybridized carbons (Fsp3) is 0.211. The quantitative estimate of drug-likeness (QED) is 0.661. The predicted molar refractivity (Wildman–Crippen MR) is 87.2 cm³/mol. The maximum Gasteiger partial charge on any atom is 0.336 e. The summed E-state index contributed by atoms with van der Waals surface area (Å²) >= 11 is 0. The number of hydrogen-bond acceptors (Lipinski definition) is 1. The van der Waals surface area contributed by atoms with E-state index in [1.54, 1.807) is 6.08 Å². The third kappa shape index (κ3) is 3.60. The second kappa shape index (κ2) is 6.40. The van der Waals surface area contributed by atoms with Gasteiger partial charge in [0.2, 0.25) is 0 Å². The number of aliphatic carboxylic acids is 1. The first-order chi connectivity index (χ1) is 10.0. The summed E-state index contributed by atoms with van der Waals surface area (Å²) in [6, 6.07) is 13.7. The van der Waals surface area contributed by atoms with Crippen molar-refractivity contribution >= 4 is 17.6 Å². The second-order valence-corrected chi connectivity index (χ2v) is 5.26. The first kappa shape index (κ1) is 15.0. The van der Waals surface area contributed by atoms with Gasteiger partial charge in [0.05, 0.1) is 5.57 Å². The number of benzene rings is 2. The molecule has 0 heterocycles. The Hall–Kier alpha value is -2.35. The van der Waals surface area contributed by atoms with E-state index in [1.165, 1.54) is 5.56 Å². The van der Waals surface area contributed by atoms with Crippen LogP contribution in [0.2, 0.25) is 0 Å². The molecule has 108 valence electrons. The van der Waals surface area contributed by atoms with E-state index in [2.05, 4.69) is 6.92 Å². The lowest BCUT2D eigenvalue weighted by Crippen LogP contribution is -2.00. The van der Waals surface area contributed by atoms with Gasteiger partial charge in [-0.25, -0.2) is 4.79 Å². The lowest BCUT2D eigenvalue weighted by Gasteiger charge is -2.07. The predicted octanol–water partition coefficient (Wildman–Crippen LogP) is 4.49. The summed E-state index contributed by atoms with van der Waals surface area (Å²) in [6.45, 7) is 6.11. The van der Waals surface area contributed by atoms with Gasteiger partial charge in [-0.2, -0.15) is 0 Å². The van der Waals surface area contributed by atoms with Crippen LogP contribution >= 0.6 is 0 Å². The van der Waals surface area contributed by atoms with Crippen LogP contribution in [-0.4, -0.2) is 11.1 Å². The number of rotatable bonds is 4. The monoisotopic (exact) mass is 280 g/mol. The van der Waals surface area contributed by atoms with E-state index in [0.717, 1.165) is 28.7 Å². The molecule has 2 heteroatoms. The average Bonchev–Trinajstić information content (AvgIpc) is 2.48. The number of hydrogen-bond donors (Lipinski definition) is 1. The summed E-state index contributed by atoms with van der Waals surface area (Å²) in [5, 5.41) is 9.48. The molecule has 0 radical (unpaired) electrons. The van der Waals surface area contributed by atoms with E-state index in [0.29, 0.717) is 5.57 Å². The van der Waals surface area contributed by atoms with Crippen molar-refractivity contribution in [1.82, 2.24) is 0 Å². The van der Waals surface area contributed by atoms with E-state index in [9.17, 15) is 9.90 Å². The molecule has 0 saturated carbocycles. The molecule has 0 aromatic heterocycles. The number of aryl methyl sites for hydroxylation is 3. The highest BCUT2D eigenvalue weighted by molar-refractivity contribution is 6.20. The molecule has 0 atom stereocenters. The van der Waals surface area contributed by atoms with Crippen LogP contribution in [-0.2, 0) is 11.2 Å². The molecule has 0 amide bonds. The lowest BCUT2D eigenvalue weighted by atomic mass is 9.98. The van der Waals surface area contributed by atoms with E-state index < -0.39 is 5.97 Å². The van der Waals surface area contributed by atoms with Gasteiger partial charge in [-0.3, -0.25) is 0 Å². The summed E-state index contributed by atoms with van der Waals surface area (Å²) in [7, 11) is 0. The molecule has 2 nitrogen and oxygen atoms in total. The highest BCUT2D eigenvalue weighted by atomic mass is 16.4. The Kier molecular flexibility index (Phi) is 4.59. The van der Waals surface area contributed by atoms with Crippen molar-refractivity contribution in [2.75, 3.05) is 0 Å². The Morgan fingerprint density at radius 3 is 2.24 bits per heavy atom. The first-order valence-corrected chi connectivity index (χ1v) is 7.13. The Balaban J connectivity index is 2.44. The van der Waals surface area contributed by atoms with Gasteiger partial charge in [0, 0.05) is 0 Å². The van der Waals surface area contributed by atoms with Gasteiger partial charge in [0.1, 0.15) is 0 Å². The summed E-state index contributed by atoms with van der Waals surface area (Å²) in [4.78, 5) is 11.6. The smallest absolute Gasteiger partial charge is 0.336 e. The Labute approximate surface area is 125 Å². The van der Waals surface area contributed by atoms with Crippen LogP contribution in [0.4, 0.5) is 0 Å². The SMILES string of the molecule is CCc1ccc(/C=C(\C(=O)O)c2ccc(C)c(C)c2)cc1. The highest BCUT2D eigenvalue weighted by Crippen LogP contribution is 2.21. The molecule has 0 bridgehead atoms. The fourth-order valence-electron chi connectivity index (χ4n) is 2.19. The summed E-state index contributed by atoms with van der Waals surface area (Å²) in [6.07, 6.45) is 2.71. The van der Waals surface area contributed by atoms with Crippen LogP contribution in [0.15, 0.2) is 42.5 Å². The van der Waals surface area contributed by atoms with Gasteiger partial charge >= 0.3 is 5.97 Å². The minimum absolute atomic E-state index is 0.322. The van der Waals surface area contributed by atoms with E-state index >= 15 is 0 Å². The summed E-state index contributed by atoms with van der Waals surface area (Å²) < 4.78 is 0. The molecule has 0 saturated heterocycles. The Morgan fingerprint density at radius 2 is 1.71 bits per heavy atom. The molecule has 21 heavy (non-hydrogen) atoms. The summed E-state index contributed by atoms with van der Waals surface area (Å²) in [5.41, 5.74) is 5.47. The van der Waals surface area contributed by atoms with Gasteiger partial charge in [-0.05, 0) is 54.2 Å². The molecule has 0 unspecified atom stereocenters. The van der Waals surface area contributed by atoms with Gasteiger partial charge in [0.25, 0.3) is 0 Å². The van der Waals surface area contributed by atoms with Crippen molar-refractivity contribution in [2.45, 2.75) is 27.2 Å². The van der Waals surface area contributed by atoms with Crippen molar-refractivity contribution in [3.8, 4) is 0 Å². The highest BCUT2D eigenvalue weighted by Gasteiger charge is 2.11. The molecule has 0 spiro atoms. The first-order valence-electron chi connectivity index (χ1n) is 7.13. The molecule has 2 rings (SSSR count). The summed E-state index contributed by atoms with van der Waals surface area (Å²) in [5.74, 6) is -0.905. The topological polar surface area (TPSA) is 37.3 Å². The molecule has 0 aliphatic rings. The molecule has 0 aliphatic heterocycles. The van der Waals surface area contributed by atoms with Gasteiger partial charge < -0.3 is 5.11 Å². The van der Waals surface area contributed by atoms with Gasteiger partial charge in [-0.15, -0.1) is 0 Å². The van der Waals surface area contributed by atoms with E-state index in [-0.39, 0.29) is 0 Å². The zero-order valence-corrected chi connectivity index (χ0v) is 12.7. The largest absolute Gasteiger partial charge is 0.478 e. The average molecular weight is 280 g/mol. The minimum atomic E-state index is -0.905. The minimum Gasteiger partial charge on any atom is -0.478 e. The number of carbonyl (C=O) groups is 1. The molecule has 1 N–H and O–H groups in total. The molecule has 0 fully saturated rings. The fourth-order valence-corrected chi connectivity index (χ4v) is 2.19. The van der Waals surface area contributed by atoms with Gasteiger partial charge in [0.15, 0.2) is 0 Å². The Morgan fingerprint density at radius 1 is 1.05 bits per heavy atom. The molecular weight excluding hydrogens is 260 g/mol. The van der Waals surface area contributed by atoms with Crippen LogP contribution in [0.5, 0.6) is 0 Å². The third-order valence-corrected chi connectivity index (χ3v) is 3.75. The van der Waals surface area contributed by atoms with E-state index in [4.69, 9.17) is 0 Å². The van der Waals surface area contributed by atoms with Crippen LogP contribution < -0.4 is 0 Å². The lowest BCUT2D eigenvalue weighted by molar-refractivity contribution is -0.130. The maximum atomic E-state index is 11.6. The maximum absolute atomic E-state index is 11.6. The van der Waals surface area contributed by atoms with E-state index in [1.807, 2.05) is 56.3 Å². The molecule has 0 aliphatic carbocycles. The second-order valence-electron chi connectivity index (χ2n) is 5.26. The van der Waals surface area contributed by atoms with Gasteiger partial charge in [-0.1, -0.05) is 49.4 Å². The standard InChI is InChI=1S/C19H20O2/c1-4-15-6-8-16(9-7-15)12-18(19(20)21)17-10-5-13(2)14(3)11-17/h5-12H,4H2,1-3H3,(H,20,21)/b18-12-. The van der Waals surface area contributed by atoms with Crippen LogP contribution in [0.25, 0.3) is 11.6 Å².